The predicted molar refractivity (Wildman–Crippen MR) is 130 cm³/mol. The lowest BCUT2D eigenvalue weighted by molar-refractivity contribution is -0.142. The summed E-state index contributed by atoms with van der Waals surface area (Å²) in [5, 5.41) is 26.6. The summed E-state index contributed by atoms with van der Waals surface area (Å²) in [4.78, 5) is 53.9. The third kappa shape index (κ3) is 9.90. The van der Waals surface area contributed by atoms with Gasteiger partial charge in [-0.25, -0.2) is 4.79 Å². The third-order valence-electron chi connectivity index (χ3n) is 5.17. The number of phenolic OH excluding ortho intramolecular Hbond substituents is 1. The second-order valence-corrected chi connectivity index (χ2v) is 8.82. The van der Waals surface area contributed by atoms with Crippen LogP contribution in [-0.2, 0) is 14.4 Å². The zero-order chi connectivity index (χ0) is 26.7. The van der Waals surface area contributed by atoms with E-state index in [2.05, 4.69) is 20.9 Å². The number of guanidine groups is 1. The van der Waals surface area contributed by atoms with Crippen LogP contribution in [0, 0.1) is 11.8 Å². The quantitative estimate of drug-likeness (QED) is 0.112. The molecule has 0 radical (unpaired) electrons. The van der Waals surface area contributed by atoms with Crippen molar-refractivity contribution in [3.05, 3.63) is 29.8 Å². The normalized spacial score (nSPS) is 13.4. The fraction of sp³-hybridized carbons (Fsp3) is 0.522. The number of phenols is 1. The molecule has 12 heteroatoms. The number of carboxylic acids is 1. The number of nitrogens with zero attached hydrogens (tertiary/aromatic N) is 1. The Morgan fingerprint density at radius 3 is 1.89 bits per heavy atom. The van der Waals surface area contributed by atoms with Crippen LogP contribution in [0.1, 0.15) is 50.9 Å². The molecule has 0 saturated carbocycles. The van der Waals surface area contributed by atoms with Crippen LogP contribution >= 0.6 is 0 Å². The first-order valence-corrected chi connectivity index (χ1v) is 11.3. The Morgan fingerprint density at radius 1 is 0.886 bits per heavy atom. The van der Waals surface area contributed by atoms with Crippen LogP contribution in [-0.4, -0.2) is 64.5 Å². The van der Waals surface area contributed by atoms with E-state index in [0.29, 0.717) is 6.42 Å². The van der Waals surface area contributed by atoms with Crippen LogP contribution in [0.4, 0.5) is 0 Å². The second-order valence-electron chi connectivity index (χ2n) is 8.82. The zero-order valence-electron chi connectivity index (χ0n) is 20.4. The number of rotatable bonds is 13. The van der Waals surface area contributed by atoms with E-state index >= 15 is 0 Å². The first-order valence-electron chi connectivity index (χ1n) is 11.3. The molecular weight excluding hydrogens is 456 g/mol. The molecule has 0 aliphatic rings. The van der Waals surface area contributed by atoms with E-state index in [1.54, 1.807) is 27.7 Å². The van der Waals surface area contributed by atoms with E-state index in [1.807, 2.05) is 0 Å². The average molecular weight is 493 g/mol. The summed E-state index contributed by atoms with van der Waals surface area (Å²) in [5.74, 6) is -3.77. The largest absolute Gasteiger partial charge is 0.508 e. The van der Waals surface area contributed by atoms with Gasteiger partial charge in [0.15, 0.2) is 5.96 Å². The number of amides is 3. The highest BCUT2D eigenvalue weighted by Crippen LogP contribution is 2.12. The SMILES string of the molecule is CC(C)[C@H](NC(=O)c1ccc(O)cc1)C(=O)N[C@H](C(=O)N[C@@H](CCCN=C(N)N)C(=O)O)C(C)C. The number of hydrogen-bond donors (Lipinski definition) is 7. The maximum Gasteiger partial charge on any atom is 0.326 e. The molecular formula is C23H36N6O6. The summed E-state index contributed by atoms with van der Waals surface area (Å²) >= 11 is 0. The number of aliphatic carboxylic acids is 1. The van der Waals surface area contributed by atoms with E-state index < -0.39 is 41.8 Å². The van der Waals surface area contributed by atoms with Gasteiger partial charge in [0.25, 0.3) is 5.91 Å². The fourth-order valence-electron chi connectivity index (χ4n) is 3.17. The van der Waals surface area contributed by atoms with Gasteiger partial charge in [0.1, 0.15) is 23.9 Å². The van der Waals surface area contributed by atoms with Crippen LogP contribution in [0.2, 0.25) is 0 Å². The standard InChI is InChI=1S/C23H36N6O6/c1-12(2)17(20(32)27-16(22(34)35)6-5-11-26-23(24)25)29-21(33)18(13(3)4)28-19(31)14-7-9-15(30)10-8-14/h7-10,12-13,16-18,30H,5-6,11H2,1-4H3,(H,27,32)(H,28,31)(H,29,33)(H,34,35)(H4,24,25,26)/t16-,17-,18-/m0/s1. The van der Waals surface area contributed by atoms with Gasteiger partial charge in [0.2, 0.25) is 11.8 Å². The molecule has 1 aromatic rings. The van der Waals surface area contributed by atoms with Gasteiger partial charge in [0.05, 0.1) is 0 Å². The minimum atomic E-state index is -1.22. The van der Waals surface area contributed by atoms with Gasteiger partial charge in [-0.15, -0.1) is 0 Å². The van der Waals surface area contributed by atoms with E-state index in [0.717, 1.165) is 0 Å². The van der Waals surface area contributed by atoms with Crippen LogP contribution in [0.15, 0.2) is 29.3 Å². The maximum absolute atomic E-state index is 13.0. The van der Waals surface area contributed by atoms with Crippen molar-refractivity contribution in [3.8, 4) is 5.75 Å². The predicted octanol–water partition coefficient (Wildman–Crippen LogP) is -0.0896. The molecule has 0 aromatic heterocycles. The second kappa shape index (κ2) is 13.8. The van der Waals surface area contributed by atoms with Crippen LogP contribution in [0.25, 0.3) is 0 Å². The average Bonchev–Trinajstić information content (AvgIpc) is 2.76. The van der Waals surface area contributed by atoms with Crippen molar-refractivity contribution in [1.82, 2.24) is 16.0 Å². The van der Waals surface area contributed by atoms with E-state index in [4.69, 9.17) is 11.5 Å². The highest BCUT2D eigenvalue weighted by atomic mass is 16.4. The number of nitrogens with one attached hydrogen (secondary N) is 3. The van der Waals surface area contributed by atoms with Crippen LogP contribution < -0.4 is 27.4 Å². The molecule has 0 unspecified atom stereocenters. The molecule has 12 nitrogen and oxygen atoms in total. The minimum Gasteiger partial charge on any atom is -0.508 e. The minimum absolute atomic E-state index is 0.00129. The van der Waals surface area contributed by atoms with Crippen LogP contribution in [0.3, 0.4) is 0 Å². The molecule has 3 atom stereocenters. The van der Waals surface area contributed by atoms with E-state index in [9.17, 15) is 29.4 Å². The number of nitrogens with two attached hydrogens (primary N) is 2. The first kappa shape index (κ1) is 29.2. The van der Waals surface area contributed by atoms with Gasteiger partial charge in [0, 0.05) is 12.1 Å². The molecule has 1 rings (SSSR count). The summed E-state index contributed by atoms with van der Waals surface area (Å²) in [6.45, 7) is 7.10. The molecule has 0 aliphatic heterocycles. The Bertz CT molecular complexity index is 912. The lowest BCUT2D eigenvalue weighted by Gasteiger charge is -2.28. The summed E-state index contributed by atoms with van der Waals surface area (Å²) in [6, 6.07) is 2.37. The molecule has 0 bridgehead atoms. The molecule has 0 spiro atoms. The summed E-state index contributed by atoms with van der Waals surface area (Å²) in [5.41, 5.74) is 10.8. The first-order chi connectivity index (χ1) is 16.3. The number of aliphatic imine (C=N–C) groups is 1. The molecule has 1 aromatic carbocycles. The van der Waals surface area contributed by atoms with Crippen molar-refractivity contribution >= 4 is 29.7 Å². The van der Waals surface area contributed by atoms with Gasteiger partial charge in [-0.3, -0.25) is 19.4 Å². The Morgan fingerprint density at radius 2 is 1.40 bits per heavy atom. The monoisotopic (exact) mass is 492 g/mol. The number of hydrogen-bond acceptors (Lipinski definition) is 6. The zero-order valence-corrected chi connectivity index (χ0v) is 20.4. The number of carbonyl (C=O) groups excluding carboxylic acids is 3. The van der Waals surface area contributed by atoms with Crippen molar-refractivity contribution in [3.63, 3.8) is 0 Å². The number of benzene rings is 1. The number of carboxylic acid groups (broad SMARTS) is 1. The molecule has 9 N–H and O–H groups in total. The Kier molecular flexibility index (Phi) is 11.5. The van der Waals surface area contributed by atoms with E-state index in [1.165, 1.54) is 24.3 Å². The molecule has 0 fully saturated rings. The van der Waals surface area contributed by atoms with Crippen molar-refractivity contribution < 1.29 is 29.4 Å². The van der Waals surface area contributed by atoms with Gasteiger partial charge in [-0.2, -0.15) is 0 Å². The Labute approximate surface area is 204 Å². The smallest absolute Gasteiger partial charge is 0.326 e. The lowest BCUT2D eigenvalue weighted by Crippen LogP contribution is -2.58. The molecule has 0 heterocycles. The molecule has 35 heavy (non-hydrogen) atoms. The molecule has 0 saturated heterocycles. The topological polar surface area (TPSA) is 209 Å². The highest BCUT2D eigenvalue weighted by molar-refractivity contribution is 5.98. The maximum atomic E-state index is 13.0. The van der Waals surface area contributed by atoms with Gasteiger partial charge in [-0.1, -0.05) is 27.7 Å². The lowest BCUT2D eigenvalue weighted by atomic mass is 9.99. The highest BCUT2D eigenvalue weighted by Gasteiger charge is 2.32. The summed E-state index contributed by atoms with van der Waals surface area (Å²) in [7, 11) is 0. The molecule has 3 amide bonds. The molecule has 194 valence electrons. The molecule has 0 aliphatic carbocycles. The van der Waals surface area contributed by atoms with Crippen molar-refractivity contribution in [2.24, 2.45) is 28.3 Å². The van der Waals surface area contributed by atoms with Crippen molar-refractivity contribution in [2.75, 3.05) is 6.54 Å². The van der Waals surface area contributed by atoms with Crippen LogP contribution in [0.5, 0.6) is 5.75 Å². The Balaban J connectivity index is 2.89. The van der Waals surface area contributed by atoms with E-state index in [-0.39, 0.29) is 42.1 Å². The number of aromatic hydroxyl groups is 1. The number of carbonyl (C=O) groups is 4. The van der Waals surface area contributed by atoms with Gasteiger partial charge < -0.3 is 37.6 Å². The summed E-state index contributed by atoms with van der Waals surface area (Å²) < 4.78 is 0. The Hall–Kier alpha value is -3.83. The van der Waals surface area contributed by atoms with Crippen molar-refractivity contribution in [2.45, 2.75) is 58.7 Å². The van der Waals surface area contributed by atoms with Gasteiger partial charge >= 0.3 is 5.97 Å². The summed E-state index contributed by atoms with van der Waals surface area (Å²) in [6.07, 6.45) is 0.417. The fourth-order valence-corrected chi connectivity index (χ4v) is 3.17. The van der Waals surface area contributed by atoms with Gasteiger partial charge in [-0.05, 0) is 48.9 Å². The third-order valence-corrected chi connectivity index (χ3v) is 5.17. The van der Waals surface area contributed by atoms with Crippen molar-refractivity contribution in [1.29, 1.82) is 0 Å².